The number of hydrogen-bond donors (Lipinski definition) is 0. The van der Waals surface area contributed by atoms with Gasteiger partial charge in [0.15, 0.2) is 11.6 Å². The molecular formula is C37H55F3N2O. The Hall–Kier alpha value is -1.98. The number of aryl methyl sites for hydroxylation is 1. The Balaban J connectivity index is 1.00. The average molecular weight is 601 g/mol. The first-order valence-electron chi connectivity index (χ1n) is 17.8. The fourth-order valence-corrected chi connectivity index (χ4v) is 7.30. The van der Waals surface area contributed by atoms with Gasteiger partial charge in [-0.1, -0.05) is 90.4 Å². The van der Waals surface area contributed by atoms with Crippen molar-refractivity contribution < 1.29 is 17.9 Å². The molecule has 0 saturated heterocycles. The Kier molecular flexibility index (Phi) is 12.3. The van der Waals surface area contributed by atoms with E-state index in [0.29, 0.717) is 37.3 Å². The maximum Gasteiger partial charge on any atom is 0.266 e. The molecule has 3 unspecified atom stereocenters. The average Bonchev–Trinajstić information content (AvgIpc) is 3.94. The highest BCUT2D eigenvalue weighted by Crippen LogP contribution is 2.41. The van der Waals surface area contributed by atoms with Crippen LogP contribution in [0.2, 0.25) is 0 Å². The van der Waals surface area contributed by atoms with Crippen molar-refractivity contribution in [3.05, 3.63) is 41.1 Å². The third-order valence-corrected chi connectivity index (χ3v) is 10.5. The van der Waals surface area contributed by atoms with Crippen molar-refractivity contribution in [3.8, 4) is 5.75 Å². The molecule has 1 heterocycles. The predicted molar refractivity (Wildman–Crippen MR) is 170 cm³/mol. The van der Waals surface area contributed by atoms with Crippen LogP contribution in [0.3, 0.4) is 0 Å². The van der Waals surface area contributed by atoms with Crippen molar-refractivity contribution in [2.24, 2.45) is 28.7 Å². The molecule has 1 aliphatic heterocycles. The van der Waals surface area contributed by atoms with Gasteiger partial charge >= 0.3 is 0 Å². The van der Waals surface area contributed by atoms with Gasteiger partial charge in [0, 0.05) is 24.4 Å². The van der Waals surface area contributed by atoms with Crippen LogP contribution in [0.1, 0.15) is 134 Å². The normalized spacial score (nSPS) is 22.4. The van der Waals surface area contributed by atoms with Crippen molar-refractivity contribution in [3.63, 3.8) is 0 Å². The summed E-state index contributed by atoms with van der Waals surface area (Å²) in [4.78, 5) is 6.00. The number of hydrogen-bond acceptors (Lipinski definition) is 3. The third kappa shape index (κ3) is 9.75. The van der Waals surface area contributed by atoms with E-state index in [1.54, 1.807) is 11.0 Å². The minimum Gasteiger partial charge on any atom is -0.490 e. The van der Waals surface area contributed by atoms with E-state index in [-0.39, 0.29) is 11.7 Å². The van der Waals surface area contributed by atoms with E-state index in [0.717, 1.165) is 55.4 Å². The molecule has 43 heavy (non-hydrogen) atoms. The number of alkyl halides is 1. The second-order valence-corrected chi connectivity index (χ2v) is 13.9. The zero-order chi connectivity index (χ0) is 30.0. The van der Waals surface area contributed by atoms with Crippen LogP contribution in [0.5, 0.6) is 5.75 Å². The van der Waals surface area contributed by atoms with Crippen LogP contribution in [0.4, 0.5) is 13.2 Å². The number of halogens is 3. The number of benzene rings is 1. The molecule has 6 heteroatoms. The highest BCUT2D eigenvalue weighted by atomic mass is 19.2. The number of rotatable bonds is 20. The van der Waals surface area contributed by atoms with Gasteiger partial charge in [-0.3, -0.25) is 0 Å². The van der Waals surface area contributed by atoms with Gasteiger partial charge < -0.3 is 9.64 Å². The van der Waals surface area contributed by atoms with Gasteiger partial charge in [-0.2, -0.15) is 8.78 Å². The molecule has 0 amide bonds. The van der Waals surface area contributed by atoms with Crippen LogP contribution in [-0.2, 0) is 12.8 Å². The molecule has 0 aromatic heterocycles. The summed E-state index contributed by atoms with van der Waals surface area (Å²) in [5.74, 6) is 1.07. The summed E-state index contributed by atoms with van der Waals surface area (Å²) in [5.41, 5.74) is 1.86. The Morgan fingerprint density at radius 3 is 2.37 bits per heavy atom. The van der Waals surface area contributed by atoms with E-state index in [2.05, 4.69) is 11.9 Å². The Bertz CT molecular complexity index is 1080. The molecule has 2 fully saturated rings. The maximum atomic E-state index is 15.2. The first-order valence-corrected chi connectivity index (χ1v) is 17.8. The molecule has 5 rings (SSSR count). The molecule has 2 saturated carbocycles. The molecule has 1 aromatic rings. The van der Waals surface area contributed by atoms with Crippen LogP contribution in [0, 0.1) is 35.3 Å². The number of unbranched alkanes of at least 4 members (excludes halogenated alkanes) is 8. The van der Waals surface area contributed by atoms with Gasteiger partial charge in [-0.25, -0.2) is 9.38 Å². The van der Waals surface area contributed by atoms with Crippen LogP contribution in [0.25, 0.3) is 0 Å². The summed E-state index contributed by atoms with van der Waals surface area (Å²) in [5, 5.41) is 0. The number of aliphatic imine (C=N–C) groups is 1. The Labute approximate surface area is 258 Å². The van der Waals surface area contributed by atoms with E-state index in [1.807, 2.05) is 12.3 Å². The first-order chi connectivity index (χ1) is 21.0. The zero-order valence-corrected chi connectivity index (χ0v) is 26.6. The monoisotopic (exact) mass is 600 g/mol. The maximum absolute atomic E-state index is 15.2. The lowest BCUT2D eigenvalue weighted by Crippen LogP contribution is -2.33. The van der Waals surface area contributed by atoms with E-state index < -0.39 is 18.1 Å². The van der Waals surface area contributed by atoms with Crippen LogP contribution in [-0.4, -0.2) is 30.2 Å². The smallest absolute Gasteiger partial charge is 0.266 e. The van der Waals surface area contributed by atoms with Crippen molar-refractivity contribution in [2.75, 3.05) is 13.2 Å². The van der Waals surface area contributed by atoms with Crippen molar-refractivity contribution >= 4 is 5.71 Å². The van der Waals surface area contributed by atoms with Crippen molar-refractivity contribution in [1.29, 1.82) is 0 Å². The molecule has 0 N–H and O–H groups in total. The quantitative estimate of drug-likeness (QED) is 0.110. The summed E-state index contributed by atoms with van der Waals surface area (Å²) in [6.07, 6.45) is 25.4. The standard InChI is InChI=1S/C37H55F3N2O/c1-2-28(29-17-18-29)14-10-8-12-24-43-34-26-30-19-20-31(25-32(30)35(38)36(34)39)33-21-23-42(37(40)41-33)22-11-7-5-3-4-6-9-13-27-15-16-27/h21,23,26-29,31,37H,2-20,22,24-25H2,1H3. The van der Waals surface area contributed by atoms with Crippen molar-refractivity contribution in [2.45, 2.75) is 142 Å². The molecule has 1 aromatic carbocycles. The van der Waals surface area contributed by atoms with E-state index in [1.165, 1.54) is 83.5 Å². The van der Waals surface area contributed by atoms with E-state index in [9.17, 15) is 8.78 Å². The largest absolute Gasteiger partial charge is 0.490 e. The molecule has 3 atom stereocenters. The Morgan fingerprint density at radius 2 is 1.65 bits per heavy atom. The van der Waals surface area contributed by atoms with Gasteiger partial charge in [0.05, 0.1) is 6.61 Å². The van der Waals surface area contributed by atoms with Gasteiger partial charge in [-0.15, -0.1) is 0 Å². The number of fused-ring (bicyclic) bond motifs is 1. The molecular weight excluding hydrogens is 545 g/mol. The fourth-order valence-electron chi connectivity index (χ4n) is 7.30. The molecule has 3 nitrogen and oxygen atoms in total. The topological polar surface area (TPSA) is 24.8 Å². The summed E-state index contributed by atoms with van der Waals surface area (Å²) >= 11 is 0. The number of ether oxygens (including phenoxy) is 1. The van der Waals surface area contributed by atoms with E-state index in [4.69, 9.17) is 4.74 Å². The first kappa shape index (κ1) is 32.4. The highest BCUT2D eigenvalue weighted by molar-refractivity contribution is 5.97. The van der Waals surface area contributed by atoms with Gasteiger partial charge in [0.2, 0.25) is 5.82 Å². The van der Waals surface area contributed by atoms with E-state index >= 15 is 4.39 Å². The molecule has 0 spiro atoms. The molecule has 240 valence electrons. The molecule has 4 aliphatic rings. The van der Waals surface area contributed by atoms with Gasteiger partial charge in [0.25, 0.3) is 6.42 Å². The summed E-state index contributed by atoms with van der Waals surface area (Å²) in [6.45, 7) is 3.35. The minimum absolute atomic E-state index is 0.0297. The van der Waals surface area contributed by atoms with Crippen LogP contribution >= 0.6 is 0 Å². The lowest BCUT2D eigenvalue weighted by atomic mass is 9.80. The van der Waals surface area contributed by atoms with Crippen molar-refractivity contribution in [1.82, 2.24) is 4.90 Å². The SMILES string of the molecule is CCC(CCCCCOc1cc2c(c(F)c1F)CC(C1=NC(F)N(CCCCCCCCCC3CC3)C=C1)CC2)C1CC1. The lowest BCUT2D eigenvalue weighted by molar-refractivity contribution is 0.135. The second-order valence-electron chi connectivity index (χ2n) is 13.9. The highest BCUT2D eigenvalue weighted by Gasteiger charge is 2.31. The summed E-state index contributed by atoms with van der Waals surface area (Å²) in [6, 6.07) is 1.69. The predicted octanol–water partition coefficient (Wildman–Crippen LogP) is 10.5. The lowest BCUT2D eigenvalue weighted by Gasteiger charge is -2.30. The zero-order valence-electron chi connectivity index (χ0n) is 26.6. The third-order valence-electron chi connectivity index (χ3n) is 10.5. The molecule has 0 bridgehead atoms. The fraction of sp³-hybridized carbons (Fsp3) is 0.757. The van der Waals surface area contributed by atoms with Crippen LogP contribution < -0.4 is 4.74 Å². The minimum atomic E-state index is -1.40. The van der Waals surface area contributed by atoms with Crippen LogP contribution in [0.15, 0.2) is 23.3 Å². The molecule has 3 aliphatic carbocycles. The van der Waals surface area contributed by atoms with Gasteiger partial charge in [0.1, 0.15) is 0 Å². The number of allylic oxidation sites excluding steroid dienone is 1. The second kappa shape index (κ2) is 16.4. The number of nitrogens with zero attached hydrogens (tertiary/aromatic N) is 2. The Morgan fingerprint density at radius 1 is 0.907 bits per heavy atom. The summed E-state index contributed by atoms with van der Waals surface area (Å²) < 4.78 is 50.8. The molecule has 0 radical (unpaired) electrons. The summed E-state index contributed by atoms with van der Waals surface area (Å²) in [7, 11) is 0. The van der Waals surface area contributed by atoms with Gasteiger partial charge in [-0.05, 0) is 86.0 Å².